The molecule has 0 fully saturated rings. The number of carbonyl (C=O) groups is 1. The lowest BCUT2D eigenvalue weighted by Gasteiger charge is -2.06. The fraction of sp³-hybridized carbons (Fsp3) is 0. The molecule has 0 aliphatic rings. The summed E-state index contributed by atoms with van der Waals surface area (Å²) in [5, 5.41) is 8.92. The van der Waals surface area contributed by atoms with Crippen molar-refractivity contribution in [3.63, 3.8) is 0 Å². The van der Waals surface area contributed by atoms with Gasteiger partial charge in [0, 0.05) is 9.13 Å². The van der Waals surface area contributed by atoms with E-state index in [2.05, 4.69) is 28.7 Å². The molecule has 0 aromatic heterocycles. The molecule has 18 heavy (non-hydrogen) atoms. The molecule has 0 saturated carbocycles. The van der Waals surface area contributed by atoms with Crippen LogP contribution < -0.4 is 5.73 Å². The Balaban J connectivity index is 2.58. The second kappa shape index (κ2) is 5.19. The van der Waals surface area contributed by atoms with E-state index in [-0.39, 0.29) is 0 Å². The minimum atomic E-state index is -0.455. The summed E-state index contributed by atoms with van der Waals surface area (Å²) in [5.74, 6) is -0.455. The lowest BCUT2D eigenvalue weighted by atomic mass is 10.0. The third-order valence-corrected chi connectivity index (χ3v) is 3.49. The molecule has 0 spiro atoms. The molecular formula is C14H9IN2O. The van der Waals surface area contributed by atoms with E-state index in [0.717, 1.165) is 14.7 Å². The zero-order chi connectivity index (χ0) is 13.1. The molecular weight excluding hydrogens is 339 g/mol. The zero-order valence-electron chi connectivity index (χ0n) is 9.35. The highest BCUT2D eigenvalue weighted by Gasteiger charge is 2.07. The molecule has 0 atom stereocenters. The van der Waals surface area contributed by atoms with Crippen molar-refractivity contribution in [2.24, 2.45) is 5.73 Å². The first-order valence-corrected chi connectivity index (χ1v) is 6.29. The van der Waals surface area contributed by atoms with Crippen LogP contribution in [0, 0.1) is 14.9 Å². The number of primary amides is 1. The van der Waals surface area contributed by atoms with Gasteiger partial charge in [-0.1, -0.05) is 12.1 Å². The van der Waals surface area contributed by atoms with Crippen molar-refractivity contribution in [3.8, 4) is 17.2 Å². The number of hydrogen-bond donors (Lipinski definition) is 1. The van der Waals surface area contributed by atoms with Crippen molar-refractivity contribution in [1.82, 2.24) is 0 Å². The van der Waals surface area contributed by atoms with Gasteiger partial charge >= 0.3 is 0 Å². The van der Waals surface area contributed by atoms with E-state index in [0.29, 0.717) is 11.1 Å². The van der Waals surface area contributed by atoms with Crippen LogP contribution in [-0.4, -0.2) is 5.91 Å². The number of nitrogens with zero attached hydrogens (tertiary/aromatic N) is 1. The highest BCUT2D eigenvalue weighted by atomic mass is 127. The van der Waals surface area contributed by atoms with Gasteiger partial charge in [0.2, 0.25) is 5.91 Å². The Kier molecular flexibility index (Phi) is 3.63. The second-order valence-electron chi connectivity index (χ2n) is 3.75. The van der Waals surface area contributed by atoms with Crippen molar-refractivity contribution in [3.05, 3.63) is 57.2 Å². The average molecular weight is 348 g/mol. The molecule has 0 aliphatic heterocycles. The topological polar surface area (TPSA) is 66.9 Å². The average Bonchev–Trinajstić information content (AvgIpc) is 2.39. The first-order chi connectivity index (χ1) is 8.61. The third-order valence-electron chi connectivity index (χ3n) is 2.55. The van der Waals surface area contributed by atoms with Crippen molar-refractivity contribution in [2.75, 3.05) is 0 Å². The largest absolute Gasteiger partial charge is 0.366 e. The smallest absolute Gasteiger partial charge is 0.248 e. The van der Waals surface area contributed by atoms with E-state index in [1.807, 2.05) is 18.2 Å². The van der Waals surface area contributed by atoms with E-state index in [1.165, 1.54) is 0 Å². The summed E-state index contributed by atoms with van der Waals surface area (Å²) in [6, 6.07) is 14.6. The van der Waals surface area contributed by atoms with Gasteiger partial charge in [0.05, 0.1) is 11.6 Å². The Bertz CT molecular complexity index is 659. The van der Waals surface area contributed by atoms with Gasteiger partial charge in [-0.15, -0.1) is 0 Å². The molecule has 1 amide bonds. The summed E-state index contributed by atoms with van der Waals surface area (Å²) in [5.41, 5.74) is 8.13. The monoisotopic (exact) mass is 348 g/mol. The van der Waals surface area contributed by atoms with Crippen molar-refractivity contribution >= 4 is 28.5 Å². The van der Waals surface area contributed by atoms with E-state index in [4.69, 9.17) is 11.0 Å². The summed E-state index contributed by atoms with van der Waals surface area (Å²) < 4.78 is 1.02. The van der Waals surface area contributed by atoms with Gasteiger partial charge in [0.1, 0.15) is 0 Å². The Hall–Kier alpha value is -1.87. The summed E-state index contributed by atoms with van der Waals surface area (Å²) >= 11 is 2.20. The van der Waals surface area contributed by atoms with E-state index < -0.39 is 5.91 Å². The maximum absolute atomic E-state index is 11.2. The van der Waals surface area contributed by atoms with Crippen molar-refractivity contribution in [2.45, 2.75) is 0 Å². The Morgan fingerprint density at radius 2 is 2.00 bits per heavy atom. The second-order valence-corrected chi connectivity index (χ2v) is 4.91. The molecule has 2 N–H and O–H groups in total. The lowest BCUT2D eigenvalue weighted by molar-refractivity contribution is 0.100. The fourth-order valence-corrected chi connectivity index (χ4v) is 2.30. The number of halogens is 1. The van der Waals surface area contributed by atoms with Gasteiger partial charge < -0.3 is 5.73 Å². The molecule has 0 radical (unpaired) electrons. The third kappa shape index (κ3) is 2.51. The van der Waals surface area contributed by atoms with Crippen LogP contribution in [-0.2, 0) is 0 Å². The van der Waals surface area contributed by atoms with Gasteiger partial charge in [-0.05, 0) is 64.0 Å². The van der Waals surface area contributed by atoms with Crippen LogP contribution in [0.5, 0.6) is 0 Å². The van der Waals surface area contributed by atoms with Gasteiger partial charge in [0.25, 0.3) is 0 Å². The number of carbonyl (C=O) groups excluding carboxylic acids is 1. The quantitative estimate of drug-likeness (QED) is 0.848. The summed E-state index contributed by atoms with van der Waals surface area (Å²) in [7, 11) is 0. The standard InChI is InChI=1S/C14H9IN2O/c15-13-5-4-9(8-16)6-12(13)10-2-1-3-11(7-10)14(17)18/h1-7H,(H2,17,18). The number of amides is 1. The van der Waals surface area contributed by atoms with E-state index in [1.54, 1.807) is 24.3 Å². The first-order valence-electron chi connectivity index (χ1n) is 5.21. The number of hydrogen-bond acceptors (Lipinski definition) is 2. The van der Waals surface area contributed by atoms with Crippen LogP contribution in [0.25, 0.3) is 11.1 Å². The first kappa shape index (κ1) is 12.6. The van der Waals surface area contributed by atoms with E-state index >= 15 is 0 Å². The van der Waals surface area contributed by atoms with Crippen molar-refractivity contribution in [1.29, 1.82) is 5.26 Å². The van der Waals surface area contributed by atoms with Gasteiger partial charge in [-0.3, -0.25) is 4.79 Å². The highest BCUT2D eigenvalue weighted by molar-refractivity contribution is 14.1. The molecule has 0 aliphatic carbocycles. The highest BCUT2D eigenvalue weighted by Crippen LogP contribution is 2.26. The van der Waals surface area contributed by atoms with Crippen LogP contribution in [0.4, 0.5) is 0 Å². The molecule has 0 saturated heterocycles. The van der Waals surface area contributed by atoms with Crippen LogP contribution in [0.2, 0.25) is 0 Å². The fourth-order valence-electron chi connectivity index (χ4n) is 1.66. The lowest BCUT2D eigenvalue weighted by Crippen LogP contribution is -2.10. The molecule has 2 aromatic rings. The minimum Gasteiger partial charge on any atom is -0.366 e. The van der Waals surface area contributed by atoms with Crippen LogP contribution >= 0.6 is 22.6 Å². The molecule has 4 heteroatoms. The predicted molar refractivity (Wildman–Crippen MR) is 77.8 cm³/mol. The maximum Gasteiger partial charge on any atom is 0.248 e. The molecule has 88 valence electrons. The van der Waals surface area contributed by atoms with Gasteiger partial charge in [0.15, 0.2) is 0 Å². The molecule has 2 aromatic carbocycles. The number of benzene rings is 2. The summed E-state index contributed by atoms with van der Waals surface area (Å²) in [4.78, 5) is 11.2. The molecule has 0 unspecified atom stereocenters. The maximum atomic E-state index is 11.2. The summed E-state index contributed by atoms with van der Waals surface area (Å²) in [6.45, 7) is 0. The van der Waals surface area contributed by atoms with Crippen molar-refractivity contribution < 1.29 is 4.79 Å². The molecule has 0 bridgehead atoms. The Morgan fingerprint density at radius 1 is 1.22 bits per heavy atom. The van der Waals surface area contributed by atoms with Gasteiger partial charge in [-0.25, -0.2) is 0 Å². The summed E-state index contributed by atoms with van der Waals surface area (Å²) in [6.07, 6.45) is 0. The van der Waals surface area contributed by atoms with Crippen LogP contribution in [0.3, 0.4) is 0 Å². The SMILES string of the molecule is N#Cc1ccc(I)c(-c2cccc(C(N)=O)c2)c1. The minimum absolute atomic E-state index is 0.455. The molecule has 2 rings (SSSR count). The number of nitriles is 1. The molecule has 3 nitrogen and oxygen atoms in total. The zero-order valence-corrected chi connectivity index (χ0v) is 11.5. The Morgan fingerprint density at radius 3 is 2.67 bits per heavy atom. The number of rotatable bonds is 2. The Labute approximate surface area is 118 Å². The van der Waals surface area contributed by atoms with Crippen LogP contribution in [0.15, 0.2) is 42.5 Å². The number of nitrogens with two attached hydrogens (primary N) is 1. The molecule has 0 heterocycles. The normalized spacial score (nSPS) is 9.78. The van der Waals surface area contributed by atoms with Crippen LogP contribution in [0.1, 0.15) is 15.9 Å². The van der Waals surface area contributed by atoms with Gasteiger partial charge in [-0.2, -0.15) is 5.26 Å². The predicted octanol–water partition coefficient (Wildman–Crippen LogP) is 2.93. The van der Waals surface area contributed by atoms with E-state index in [9.17, 15) is 4.79 Å².